The Morgan fingerprint density at radius 1 is 0.875 bits per heavy atom. The number of hydrogen-bond donors (Lipinski definition) is 1. The van der Waals surface area contributed by atoms with E-state index in [1.54, 1.807) is 0 Å². The van der Waals surface area contributed by atoms with E-state index in [0.29, 0.717) is 0 Å². The fraction of sp³-hybridized carbons (Fsp3) is 0.500. The second-order valence-corrected chi connectivity index (χ2v) is 6.84. The molecule has 1 N–H and O–H groups in total. The van der Waals surface area contributed by atoms with Gasteiger partial charge in [-0.3, -0.25) is 29.0 Å². The second-order valence-electron chi connectivity index (χ2n) is 6.84. The molecule has 0 bridgehead atoms. The average Bonchev–Trinajstić information content (AvgIpc) is 2.70. The van der Waals surface area contributed by atoms with Crippen molar-refractivity contribution in [3.8, 4) is 0 Å². The summed E-state index contributed by atoms with van der Waals surface area (Å²) in [6, 6.07) is 1.61. The fourth-order valence-electron chi connectivity index (χ4n) is 3.06. The SMILES string of the molecule is CC(=O)OCC1OC(OC(C)=O)C(NC(=O)c2ccncc2)C(OC(C)=O)C1OC(C)=O. The maximum absolute atomic E-state index is 12.7. The van der Waals surface area contributed by atoms with Gasteiger partial charge in [0.1, 0.15) is 18.8 Å². The van der Waals surface area contributed by atoms with Gasteiger partial charge in [-0.05, 0) is 12.1 Å². The molecule has 12 heteroatoms. The summed E-state index contributed by atoms with van der Waals surface area (Å²) in [6.45, 7) is 4.12. The fourth-order valence-corrected chi connectivity index (χ4v) is 3.06. The van der Waals surface area contributed by atoms with Gasteiger partial charge < -0.3 is 29.0 Å². The molecule has 174 valence electrons. The van der Waals surface area contributed by atoms with Crippen LogP contribution < -0.4 is 5.32 Å². The van der Waals surface area contributed by atoms with E-state index in [1.807, 2.05) is 0 Å². The number of carbonyl (C=O) groups excluding carboxylic acids is 5. The van der Waals surface area contributed by atoms with E-state index < -0.39 is 67.0 Å². The van der Waals surface area contributed by atoms with Crippen molar-refractivity contribution in [3.05, 3.63) is 30.1 Å². The topological polar surface area (TPSA) is 156 Å². The number of pyridine rings is 1. The van der Waals surface area contributed by atoms with Crippen LogP contribution in [0.25, 0.3) is 0 Å². The van der Waals surface area contributed by atoms with Crippen molar-refractivity contribution in [1.82, 2.24) is 10.3 Å². The lowest BCUT2D eigenvalue weighted by Crippen LogP contribution is -2.67. The van der Waals surface area contributed by atoms with E-state index in [0.717, 1.165) is 27.7 Å². The van der Waals surface area contributed by atoms with Crippen molar-refractivity contribution in [1.29, 1.82) is 0 Å². The average molecular weight is 452 g/mol. The van der Waals surface area contributed by atoms with Gasteiger partial charge in [-0.25, -0.2) is 0 Å². The van der Waals surface area contributed by atoms with E-state index in [4.69, 9.17) is 23.7 Å². The van der Waals surface area contributed by atoms with Gasteiger partial charge in [-0.15, -0.1) is 0 Å². The molecule has 1 aliphatic heterocycles. The number of rotatable bonds is 7. The number of hydrogen-bond acceptors (Lipinski definition) is 11. The summed E-state index contributed by atoms with van der Waals surface area (Å²) in [6.07, 6.45) is -2.43. The number of carbonyl (C=O) groups is 5. The first-order valence-corrected chi connectivity index (χ1v) is 9.59. The molecule has 5 unspecified atom stereocenters. The molecule has 1 fully saturated rings. The molecule has 1 aromatic heterocycles. The van der Waals surface area contributed by atoms with Crippen LogP contribution in [0, 0.1) is 0 Å². The molecule has 0 spiro atoms. The largest absolute Gasteiger partial charge is 0.463 e. The molecule has 0 aromatic carbocycles. The Morgan fingerprint density at radius 2 is 1.44 bits per heavy atom. The minimum atomic E-state index is -1.45. The maximum atomic E-state index is 12.7. The zero-order valence-corrected chi connectivity index (χ0v) is 17.9. The third kappa shape index (κ3) is 7.01. The van der Waals surface area contributed by atoms with Crippen LogP contribution in [0.4, 0.5) is 0 Å². The number of nitrogens with one attached hydrogen (secondary N) is 1. The van der Waals surface area contributed by atoms with Gasteiger partial charge in [0.05, 0.1) is 0 Å². The Bertz CT molecular complexity index is 859. The Labute approximate surface area is 183 Å². The number of esters is 4. The van der Waals surface area contributed by atoms with E-state index >= 15 is 0 Å². The highest BCUT2D eigenvalue weighted by Crippen LogP contribution is 2.28. The maximum Gasteiger partial charge on any atom is 0.305 e. The number of nitrogens with zero attached hydrogens (tertiary/aromatic N) is 1. The van der Waals surface area contributed by atoms with Crippen molar-refractivity contribution >= 4 is 29.8 Å². The van der Waals surface area contributed by atoms with Crippen molar-refractivity contribution in [3.63, 3.8) is 0 Å². The predicted molar refractivity (Wildman–Crippen MR) is 104 cm³/mol. The van der Waals surface area contributed by atoms with Crippen LogP contribution in [0.2, 0.25) is 0 Å². The highest BCUT2D eigenvalue weighted by Gasteiger charge is 2.52. The highest BCUT2D eigenvalue weighted by molar-refractivity contribution is 5.94. The van der Waals surface area contributed by atoms with Crippen molar-refractivity contribution < 1.29 is 47.7 Å². The minimum absolute atomic E-state index is 0.217. The Morgan fingerprint density at radius 3 is 1.97 bits per heavy atom. The quantitative estimate of drug-likeness (QED) is 0.435. The number of amides is 1. The molecule has 1 aliphatic rings. The molecular weight excluding hydrogens is 428 g/mol. The van der Waals surface area contributed by atoms with Gasteiger partial charge in [0.15, 0.2) is 12.2 Å². The van der Waals surface area contributed by atoms with Gasteiger partial charge >= 0.3 is 23.9 Å². The van der Waals surface area contributed by atoms with Gasteiger partial charge in [-0.1, -0.05) is 0 Å². The normalized spacial score (nSPS) is 24.6. The Kier molecular flexibility index (Phi) is 8.64. The molecule has 5 atom stereocenters. The Hall–Kier alpha value is -3.54. The van der Waals surface area contributed by atoms with Crippen LogP contribution in [0.15, 0.2) is 24.5 Å². The Balaban J connectivity index is 2.44. The lowest BCUT2D eigenvalue weighted by molar-refractivity contribution is -0.270. The summed E-state index contributed by atoms with van der Waals surface area (Å²) in [4.78, 5) is 63.1. The molecule has 1 saturated heterocycles. The van der Waals surface area contributed by atoms with E-state index in [1.165, 1.54) is 24.5 Å². The van der Waals surface area contributed by atoms with Crippen LogP contribution >= 0.6 is 0 Å². The van der Waals surface area contributed by atoms with E-state index in [-0.39, 0.29) is 5.56 Å². The second kappa shape index (κ2) is 11.2. The first kappa shape index (κ1) is 24.7. The summed E-state index contributed by atoms with van der Waals surface area (Å²) in [7, 11) is 0. The van der Waals surface area contributed by atoms with E-state index in [2.05, 4.69) is 10.3 Å². The van der Waals surface area contributed by atoms with Crippen molar-refractivity contribution in [2.45, 2.75) is 58.3 Å². The lowest BCUT2D eigenvalue weighted by atomic mass is 9.95. The molecular formula is C20H24N2O10. The zero-order chi connectivity index (χ0) is 23.8. The number of ether oxygens (including phenoxy) is 5. The molecule has 2 heterocycles. The van der Waals surface area contributed by atoms with Crippen LogP contribution in [0.5, 0.6) is 0 Å². The van der Waals surface area contributed by atoms with E-state index in [9.17, 15) is 24.0 Å². The van der Waals surface area contributed by atoms with Gasteiger partial charge in [0.25, 0.3) is 5.91 Å². The molecule has 1 amide bonds. The molecule has 32 heavy (non-hydrogen) atoms. The molecule has 12 nitrogen and oxygen atoms in total. The third-order valence-corrected chi connectivity index (χ3v) is 4.22. The lowest BCUT2D eigenvalue weighted by Gasteiger charge is -2.44. The summed E-state index contributed by atoms with van der Waals surface area (Å²) in [5.41, 5.74) is 0.217. The van der Waals surface area contributed by atoms with Gasteiger partial charge in [-0.2, -0.15) is 0 Å². The predicted octanol–water partition coefficient (Wildman–Crippen LogP) is -0.105. The minimum Gasteiger partial charge on any atom is -0.463 e. The number of aromatic nitrogens is 1. The first-order valence-electron chi connectivity index (χ1n) is 9.59. The standard InChI is InChI=1S/C20H24N2O10/c1-10(23)28-9-15-17(29-11(2)24)18(30-12(3)25)16(20(32-15)31-13(4)26)22-19(27)14-5-7-21-8-6-14/h5-8,15-18,20H,9H2,1-4H3,(H,22,27). The van der Waals surface area contributed by atoms with Gasteiger partial charge in [0.2, 0.25) is 6.29 Å². The molecule has 0 saturated carbocycles. The van der Waals surface area contributed by atoms with Crippen LogP contribution in [0.3, 0.4) is 0 Å². The zero-order valence-electron chi connectivity index (χ0n) is 17.9. The summed E-state index contributed by atoms with van der Waals surface area (Å²) < 4.78 is 26.5. The summed E-state index contributed by atoms with van der Waals surface area (Å²) >= 11 is 0. The monoisotopic (exact) mass is 452 g/mol. The van der Waals surface area contributed by atoms with Crippen LogP contribution in [-0.4, -0.2) is 72.0 Å². The highest BCUT2D eigenvalue weighted by atomic mass is 16.7. The van der Waals surface area contributed by atoms with Crippen molar-refractivity contribution in [2.24, 2.45) is 0 Å². The smallest absolute Gasteiger partial charge is 0.305 e. The molecule has 0 aliphatic carbocycles. The molecule has 2 rings (SSSR count). The first-order chi connectivity index (χ1) is 15.1. The van der Waals surface area contributed by atoms with Crippen LogP contribution in [-0.2, 0) is 42.9 Å². The van der Waals surface area contributed by atoms with Gasteiger partial charge in [0, 0.05) is 45.7 Å². The summed E-state index contributed by atoms with van der Waals surface area (Å²) in [5.74, 6) is -3.51. The van der Waals surface area contributed by atoms with Crippen molar-refractivity contribution in [2.75, 3.05) is 6.61 Å². The molecule has 0 radical (unpaired) electrons. The third-order valence-electron chi connectivity index (χ3n) is 4.22. The molecule has 1 aromatic rings. The summed E-state index contributed by atoms with van der Waals surface area (Å²) in [5, 5.41) is 2.59. The van der Waals surface area contributed by atoms with Crippen LogP contribution in [0.1, 0.15) is 38.1 Å².